The Hall–Kier alpha value is -1.82. The first-order chi connectivity index (χ1) is 8.70. The van der Waals surface area contributed by atoms with Crippen LogP contribution in [0.4, 0.5) is 5.82 Å². The van der Waals surface area contributed by atoms with Gasteiger partial charge in [0.15, 0.2) is 0 Å². The van der Waals surface area contributed by atoms with Crippen LogP contribution in [0, 0.1) is 0 Å². The summed E-state index contributed by atoms with van der Waals surface area (Å²) in [6, 6.07) is 1.92. The van der Waals surface area contributed by atoms with Crippen molar-refractivity contribution in [1.29, 1.82) is 0 Å². The fourth-order valence-corrected chi connectivity index (χ4v) is 2.35. The van der Waals surface area contributed by atoms with Crippen molar-refractivity contribution in [2.75, 3.05) is 5.32 Å². The van der Waals surface area contributed by atoms with E-state index in [4.69, 9.17) is 11.6 Å². The van der Waals surface area contributed by atoms with Crippen molar-refractivity contribution in [2.24, 2.45) is 0 Å². The molecule has 0 spiro atoms. The van der Waals surface area contributed by atoms with Crippen molar-refractivity contribution in [3.63, 3.8) is 0 Å². The first kappa shape index (κ1) is 11.3. The zero-order valence-electron chi connectivity index (χ0n) is 9.48. The lowest BCUT2D eigenvalue weighted by atomic mass is 9.80. The number of hydrogen-bond donors (Lipinski definition) is 3. The van der Waals surface area contributed by atoms with Crippen molar-refractivity contribution in [3.05, 3.63) is 39.9 Å². The van der Waals surface area contributed by atoms with Crippen LogP contribution in [-0.2, 0) is 0 Å². The molecule has 0 amide bonds. The molecule has 1 aliphatic carbocycles. The summed E-state index contributed by atoms with van der Waals surface area (Å²) >= 11 is 5.75. The van der Waals surface area contributed by atoms with E-state index in [9.17, 15) is 4.79 Å². The van der Waals surface area contributed by atoms with Gasteiger partial charge in [-0.15, -0.1) is 0 Å². The molecule has 2 heterocycles. The standard InChI is InChI=1S/C11H12ClN5O/c12-8-5-9(17-11(18)16-8)15-7-3-6(4-7)10-13-1-2-14-10/h1-2,5-7H,3-4H2,(H,13,14)(H2,15,16,17,18). The Labute approximate surface area is 108 Å². The van der Waals surface area contributed by atoms with Gasteiger partial charge in [0.1, 0.15) is 16.8 Å². The van der Waals surface area contributed by atoms with Gasteiger partial charge in [-0.25, -0.2) is 9.78 Å². The van der Waals surface area contributed by atoms with E-state index in [1.54, 1.807) is 12.3 Å². The molecule has 0 unspecified atom stereocenters. The molecular formula is C11H12ClN5O. The molecule has 3 rings (SSSR count). The van der Waals surface area contributed by atoms with Crippen LogP contribution in [-0.4, -0.2) is 26.0 Å². The second-order valence-electron chi connectivity index (χ2n) is 4.40. The molecule has 0 atom stereocenters. The molecule has 0 bridgehead atoms. The van der Waals surface area contributed by atoms with Crippen LogP contribution < -0.4 is 11.0 Å². The molecule has 0 aromatic carbocycles. The number of hydrogen-bond acceptors (Lipinski definition) is 4. The summed E-state index contributed by atoms with van der Waals surface area (Å²) in [7, 11) is 0. The first-order valence-corrected chi connectivity index (χ1v) is 6.11. The molecule has 18 heavy (non-hydrogen) atoms. The van der Waals surface area contributed by atoms with Crippen molar-refractivity contribution in [2.45, 2.75) is 24.8 Å². The lowest BCUT2D eigenvalue weighted by Crippen LogP contribution is -2.35. The molecule has 1 fully saturated rings. The van der Waals surface area contributed by atoms with E-state index in [2.05, 4.69) is 25.3 Å². The SMILES string of the molecule is O=c1nc(NC2CC(c3ncc[nH]3)C2)cc(Cl)[nH]1. The lowest BCUT2D eigenvalue weighted by molar-refractivity contribution is 0.360. The number of aromatic nitrogens is 4. The van der Waals surface area contributed by atoms with E-state index in [1.165, 1.54) is 0 Å². The van der Waals surface area contributed by atoms with Crippen molar-refractivity contribution in [1.82, 2.24) is 19.9 Å². The maximum Gasteiger partial charge on any atom is 0.347 e. The van der Waals surface area contributed by atoms with Crippen LogP contribution in [0.1, 0.15) is 24.6 Å². The Morgan fingerprint density at radius 1 is 1.44 bits per heavy atom. The molecule has 0 saturated heterocycles. The number of anilines is 1. The van der Waals surface area contributed by atoms with Crippen molar-refractivity contribution >= 4 is 17.4 Å². The third-order valence-electron chi connectivity index (χ3n) is 3.11. The fourth-order valence-electron chi connectivity index (χ4n) is 2.17. The second kappa shape index (κ2) is 4.45. The number of rotatable bonds is 3. The molecule has 7 heteroatoms. The monoisotopic (exact) mass is 265 g/mol. The van der Waals surface area contributed by atoms with Crippen LogP contribution in [0.3, 0.4) is 0 Å². The summed E-state index contributed by atoms with van der Waals surface area (Å²) in [5.41, 5.74) is -0.438. The summed E-state index contributed by atoms with van der Waals surface area (Å²) < 4.78 is 0. The third kappa shape index (κ3) is 2.24. The quantitative estimate of drug-likeness (QED) is 0.734. The van der Waals surface area contributed by atoms with Gasteiger partial charge in [-0.2, -0.15) is 4.98 Å². The summed E-state index contributed by atoms with van der Waals surface area (Å²) in [5.74, 6) is 1.99. The van der Waals surface area contributed by atoms with E-state index >= 15 is 0 Å². The Morgan fingerprint density at radius 3 is 2.94 bits per heavy atom. The summed E-state index contributed by atoms with van der Waals surface area (Å²) in [6.45, 7) is 0. The van der Waals surface area contributed by atoms with Crippen molar-refractivity contribution < 1.29 is 0 Å². The average molecular weight is 266 g/mol. The highest BCUT2D eigenvalue weighted by atomic mass is 35.5. The molecule has 2 aromatic heterocycles. The lowest BCUT2D eigenvalue weighted by Gasteiger charge is -2.34. The molecule has 0 radical (unpaired) electrons. The predicted octanol–water partition coefficient (Wildman–Crippen LogP) is 1.50. The van der Waals surface area contributed by atoms with Gasteiger partial charge in [-0.1, -0.05) is 11.6 Å². The maximum atomic E-state index is 11.1. The van der Waals surface area contributed by atoms with Gasteiger partial charge in [0.25, 0.3) is 0 Å². The Balaban J connectivity index is 1.61. The van der Waals surface area contributed by atoms with Crippen LogP contribution in [0.25, 0.3) is 0 Å². The minimum atomic E-state index is -0.438. The zero-order chi connectivity index (χ0) is 12.5. The Morgan fingerprint density at radius 2 is 2.28 bits per heavy atom. The van der Waals surface area contributed by atoms with Gasteiger partial charge in [0, 0.05) is 30.4 Å². The van der Waals surface area contributed by atoms with Crippen LogP contribution in [0.15, 0.2) is 23.3 Å². The summed E-state index contributed by atoms with van der Waals surface area (Å²) in [5, 5.41) is 3.49. The van der Waals surface area contributed by atoms with Crippen LogP contribution >= 0.6 is 11.6 Å². The van der Waals surface area contributed by atoms with Gasteiger partial charge in [-0.05, 0) is 12.8 Å². The highest BCUT2D eigenvalue weighted by Crippen LogP contribution is 2.36. The van der Waals surface area contributed by atoms with E-state index in [0.29, 0.717) is 22.9 Å². The molecule has 6 nitrogen and oxygen atoms in total. The number of halogens is 1. The number of aromatic amines is 2. The number of nitrogens with one attached hydrogen (secondary N) is 3. The molecule has 94 valence electrons. The van der Waals surface area contributed by atoms with Crippen LogP contribution in [0.5, 0.6) is 0 Å². The highest BCUT2D eigenvalue weighted by molar-refractivity contribution is 6.29. The number of H-pyrrole nitrogens is 2. The van der Waals surface area contributed by atoms with Gasteiger partial charge >= 0.3 is 5.69 Å². The molecule has 3 N–H and O–H groups in total. The predicted molar refractivity (Wildman–Crippen MR) is 67.8 cm³/mol. The normalized spacial score (nSPS) is 22.5. The smallest absolute Gasteiger partial charge is 0.347 e. The van der Waals surface area contributed by atoms with Gasteiger partial charge < -0.3 is 10.3 Å². The minimum absolute atomic E-state index is 0.291. The van der Waals surface area contributed by atoms with E-state index in [1.807, 2.05) is 6.20 Å². The molecule has 0 aliphatic heterocycles. The van der Waals surface area contributed by atoms with E-state index < -0.39 is 5.69 Å². The fraction of sp³-hybridized carbons (Fsp3) is 0.364. The third-order valence-corrected chi connectivity index (χ3v) is 3.31. The second-order valence-corrected chi connectivity index (χ2v) is 4.81. The Bertz CT molecular complexity index is 588. The Kier molecular flexibility index (Phi) is 2.79. The summed E-state index contributed by atoms with van der Waals surface area (Å²) in [4.78, 5) is 24.7. The topological polar surface area (TPSA) is 86.5 Å². The molecule has 1 saturated carbocycles. The van der Waals surface area contributed by atoms with Gasteiger partial charge in [0.05, 0.1) is 0 Å². The summed E-state index contributed by atoms with van der Waals surface area (Å²) in [6.07, 6.45) is 5.53. The molecule has 1 aliphatic rings. The highest BCUT2D eigenvalue weighted by Gasteiger charge is 2.32. The number of nitrogens with zero attached hydrogens (tertiary/aromatic N) is 2. The zero-order valence-corrected chi connectivity index (χ0v) is 10.2. The van der Waals surface area contributed by atoms with Crippen molar-refractivity contribution in [3.8, 4) is 0 Å². The average Bonchev–Trinajstić information content (AvgIpc) is 2.74. The maximum absolute atomic E-state index is 11.1. The van der Waals surface area contributed by atoms with E-state index in [-0.39, 0.29) is 0 Å². The largest absolute Gasteiger partial charge is 0.367 e. The molecule has 2 aromatic rings. The van der Waals surface area contributed by atoms with Crippen LogP contribution in [0.2, 0.25) is 5.15 Å². The van der Waals surface area contributed by atoms with E-state index in [0.717, 1.165) is 18.7 Å². The van der Waals surface area contributed by atoms with Gasteiger partial charge in [0.2, 0.25) is 0 Å². The molecular weight excluding hydrogens is 254 g/mol. The van der Waals surface area contributed by atoms with Gasteiger partial charge in [-0.3, -0.25) is 4.98 Å². The minimum Gasteiger partial charge on any atom is -0.367 e. The first-order valence-electron chi connectivity index (χ1n) is 5.73. The number of imidazole rings is 1.